The molecule has 0 aromatic carbocycles. The Labute approximate surface area is 121 Å². The molecular weight excluding hydrogens is 278 g/mol. The van der Waals surface area contributed by atoms with Gasteiger partial charge in [0.15, 0.2) is 0 Å². The molecule has 0 bridgehead atoms. The molecule has 116 valence electrons. The van der Waals surface area contributed by atoms with Crippen LogP contribution in [-0.2, 0) is 17.9 Å². The van der Waals surface area contributed by atoms with E-state index < -0.39 is 12.1 Å². The third-order valence-electron chi connectivity index (χ3n) is 3.36. The minimum absolute atomic E-state index is 0.147. The van der Waals surface area contributed by atoms with Crippen molar-refractivity contribution in [3.8, 4) is 0 Å². The predicted octanol–water partition coefficient (Wildman–Crippen LogP) is -0.535. The smallest absolute Gasteiger partial charge is 0.325 e. The minimum atomic E-state index is -1.01. The fourth-order valence-corrected chi connectivity index (χ4v) is 2.31. The molecule has 9 nitrogen and oxygen atoms in total. The van der Waals surface area contributed by atoms with Gasteiger partial charge < -0.3 is 20.8 Å². The molecule has 2 unspecified atom stereocenters. The highest BCUT2D eigenvalue weighted by Gasteiger charge is 2.24. The summed E-state index contributed by atoms with van der Waals surface area (Å²) >= 11 is 0. The molecule has 1 heterocycles. The van der Waals surface area contributed by atoms with E-state index in [1.165, 1.54) is 10.9 Å². The Kier molecular flexibility index (Phi) is 5.09. The van der Waals surface area contributed by atoms with Gasteiger partial charge in [0.05, 0.1) is 24.9 Å². The number of rotatable bonds is 5. The maximum absolute atomic E-state index is 11.7. The number of carboxylic acid groups (broad SMARTS) is 1. The van der Waals surface area contributed by atoms with E-state index in [1.54, 1.807) is 0 Å². The molecule has 1 aliphatic rings. The normalized spacial score (nSPS) is 21.8. The van der Waals surface area contributed by atoms with Gasteiger partial charge in [0.2, 0.25) is 0 Å². The Balaban J connectivity index is 1.75. The standard InChI is InChI=1S/C12H19N5O4/c18-10-4-2-1-3-9(10)14-12(21)13-5-8-6-17(16-15-8)7-11(19)20/h6,9-10,18H,1-5,7H2,(H,19,20)(H2,13,14,21). The molecule has 1 aromatic heterocycles. The number of nitrogens with one attached hydrogen (secondary N) is 2. The SMILES string of the molecule is O=C(O)Cn1cc(CNC(=O)NC2CCCCC2O)nn1. The number of amides is 2. The number of nitrogens with zero attached hydrogens (tertiary/aromatic N) is 3. The summed E-state index contributed by atoms with van der Waals surface area (Å²) in [5.41, 5.74) is 0.468. The number of aliphatic hydroxyl groups excluding tert-OH is 1. The lowest BCUT2D eigenvalue weighted by Crippen LogP contribution is -2.48. The second-order valence-corrected chi connectivity index (χ2v) is 5.09. The summed E-state index contributed by atoms with van der Waals surface area (Å²) in [6, 6.07) is -0.602. The quantitative estimate of drug-likeness (QED) is 0.578. The molecule has 0 saturated heterocycles. The summed E-state index contributed by atoms with van der Waals surface area (Å²) < 4.78 is 1.18. The fourth-order valence-electron chi connectivity index (χ4n) is 2.31. The van der Waals surface area contributed by atoms with Gasteiger partial charge in [0.1, 0.15) is 12.2 Å². The van der Waals surface area contributed by atoms with Crippen molar-refractivity contribution in [2.45, 2.75) is 50.9 Å². The second-order valence-electron chi connectivity index (χ2n) is 5.09. The minimum Gasteiger partial charge on any atom is -0.480 e. The first kappa shape index (κ1) is 15.2. The van der Waals surface area contributed by atoms with Gasteiger partial charge in [-0.25, -0.2) is 9.48 Å². The van der Waals surface area contributed by atoms with Crippen molar-refractivity contribution >= 4 is 12.0 Å². The maximum Gasteiger partial charge on any atom is 0.325 e. The highest BCUT2D eigenvalue weighted by atomic mass is 16.4. The molecule has 1 aliphatic carbocycles. The van der Waals surface area contributed by atoms with E-state index in [0.29, 0.717) is 12.1 Å². The van der Waals surface area contributed by atoms with E-state index in [0.717, 1.165) is 19.3 Å². The third-order valence-corrected chi connectivity index (χ3v) is 3.36. The van der Waals surface area contributed by atoms with Crippen molar-refractivity contribution in [1.29, 1.82) is 0 Å². The molecule has 0 aliphatic heterocycles. The first-order chi connectivity index (χ1) is 10.0. The monoisotopic (exact) mass is 297 g/mol. The molecule has 1 aromatic rings. The lowest BCUT2D eigenvalue weighted by atomic mass is 9.93. The van der Waals surface area contributed by atoms with Gasteiger partial charge in [0, 0.05) is 0 Å². The Morgan fingerprint density at radius 2 is 2.14 bits per heavy atom. The van der Waals surface area contributed by atoms with Crippen molar-refractivity contribution < 1.29 is 19.8 Å². The molecule has 2 amide bonds. The van der Waals surface area contributed by atoms with Crippen molar-refractivity contribution in [3.05, 3.63) is 11.9 Å². The van der Waals surface area contributed by atoms with E-state index in [9.17, 15) is 14.7 Å². The van der Waals surface area contributed by atoms with Gasteiger partial charge >= 0.3 is 12.0 Å². The van der Waals surface area contributed by atoms with Crippen LogP contribution in [0.1, 0.15) is 31.4 Å². The topological polar surface area (TPSA) is 129 Å². The molecule has 2 atom stereocenters. The average Bonchev–Trinajstić information content (AvgIpc) is 2.86. The number of carboxylic acids is 1. The van der Waals surface area contributed by atoms with Crippen molar-refractivity contribution in [2.24, 2.45) is 0 Å². The van der Waals surface area contributed by atoms with Crippen molar-refractivity contribution in [2.75, 3.05) is 0 Å². The Bertz CT molecular complexity index is 504. The number of aliphatic carboxylic acids is 1. The Morgan fingerprint density at radius 3 is 2.86 bits per heavy atom. The van der Waals surface area contributed by atoms with E-state index >= 15 is 0 Å². The number of carbonyl (C=O) groups is 2. The van der Waals surface area contributed by atoms with Crippen molar-refractivity contribution in [1.82, 2.24) is 25.6 Å². The van der Waals surface area contributed by atoms with Crippen LogP contribution in [0.5, 0.6) is 0 Å². The lowest BCUT2D eigenvalue weighted by molar-refractivity contribution is -0.137. The maximum atomic E-state index is 11.7. The number of hydrogen-bond donors (Lipinski definition) is 4. The molecule has 9 heteroatoms. The zero-order valence-electron chi connectivity index (χ0n) is 11.5. The van der Waals surface area contributed by atoms with Crippen LogP contribution in [0.15, 0.2) is 6.20 Å². The average molecular weight is 297 g/mol. The van der Waals surface area contributed by atoms with Crippen LogP contribution in [0.25, 0.3) is 0 Å². The van der Waals surface area contributed by atoms with E-state index in [2.05, 4.69) is 20.9 Å². The molecule has 2 rings (SSSR count). The van der Waals surface area contributed by atoms with Gasteiger partial charge in [0.25, 0.3) is 0 Å². The zero-order valence-corrected chi connectivity index (χ0v) is 11.5. The van der Waals surface area contributed by atoms with Crippen LogP contribution in [0.4, 0.5) is 4.79 Å². The fraction of sp³-hybridized carbons (Fsp3) is 0.667. The number of urea groups is 1. The van der Waals surface area contributed by atoms with Gasteiger partial charge in [-0.15, -0.1) is 5.10 Å². The molecule has 4 N–H and O–H groups in total. The predicted molar refractivity (Wildman–Crippen MR) is 71.3 cm³/mol. The van der Waals surface area contributed by atoms with E-state index in [4.69, 9.17) is 5.11 Å². The summed E-state index contributed by atoms with van der Waals surface area (Å²) in [7, 11) is 0. The number of hydrogen-bond acceptors (Lipinski definition) is 5. The Hall–Kier alpha value is -2.16. The number of carbonyl (C=O) groups excluding carboxylic acids is 1. The first-order valence-corrected chi connectivity index (χ1v) is 6.88. The molecule has 0 spiro atoms. The van der Waals surface area contributed by atoms with Crippen molar-refractivity contribution in [3.63, 3.8) is 0 Å². The van der Waals surface area contributed by atoms with E-state index in [-0.39, 0.29) is 25.2 Å². The van der Waals surface area contributed by atoms with Gasteiger partial charge in [-0.3, -0.25) is 4.79 Å². The summed E-state index contributed by atoms with van der Waals surface area (Å²) in [5, 5.41) is 31.1. The highest BCUT2D eigenvalue weighted by molar-refractivity contribution is 5.74. The summed E-state index contributed by atoms with van der Waals surface area (Å²) in [5.74, 6) is -1.01. The van der Waals surface area contributed by atoms with Crippen LogP contribution in [0, 0.1) is 0 Å². The number of aliphatic hydroxyl groups is 1. The van der Waals surface area contributed by atoms with Crippen LogP contribution in [-0.4, -0.2) is 49.4 Å². The van der Waals surface area contributed by atoms with Crippen LogP contribution < -0.4 is 10.6 Å². The number of aromatic nitrogens is 3. The first-order valence-electron chi connectivity index (χ1n) is 6.88. The largest absolute Gasteiger partial charge is 0.480 e. The van der Waals surface area contributed by atoms with Crippen LogP contribution >= 0.6 is 0 Å². The van der Waals surface area contributed by atoms with Gasteiger partial charge in [-0.2, -0.15) is 0 Å². The summed E-state index contributed by atoms with van der Waals surface area (Å²) in [6.45, 7) is -0.123. The summed E-state index contributed by atoms with van der Waals surface area (Å²) in [4.78, 5) is 22.2. The second kappa shape index (κ2) is 7.02. The third kappa shape index (κ3) is 4.71. The molecule has 1 fully saturated rings. The summed E-state index contributed by atoms with van der Waals surface area (Å²) in [6.07, 6.45) is 4.40. The van der Waals surface area contributed by atoms with E-state index in [1.807, 2.05) is 0 Å². The van der Waals surface area contributed by atoms with Gasteiger partial charge in [-0.1, -0.05) is 18.1 Å². The lowest BCUT2D eigenvalue weighted by Gasteiger charge is -2.28. The molecular formula is C12H19N5O4. The Morgan fingerprint density at radius 1 is 1.38 bits per heavy atom. The van der Waals surface area contributed by atoms with Gasteiger partial charge in [-0.05, 0) is 12.8 Å². The van der Waals surface area contributed by atoms with Crippen LogP contribution in [0.2, 0.25) is 0 Å². The zero-order chi connectivity index (χ0) is 15.2. The molecule has 21 heavy (non-hydrogen) atoms. The molecule has 1 saturated carbocycles. The highest BCUT2D eigenvalue weighted by Crippen LogP contribution is 2.18. The molecule has 0 radical (unpaired) electrons. The van der Waals surface area contributed by atoms with Crippen LogP contribution in [0.3, 0.4) is 0 Å².